The Kier molecular flexibility index (Phi) is 4.57. The van der Waals surface area contributed by atoms with E-state index in [2.05, 4.69) is 23.5 Å². The normalized spacial score (nSPS) is 20.4. The summed E-state index contributed by atoms with van der Waals surface area (Å²) in [6, 6.07) is 15.0. The summed E-state index contributed by atoms with van der Waals surface area (Å²) in [5.41, 5.74) is 2.60. The molecule has 0 aromatic heterocycles. The number of nitrogens with zero attached hydrogens (tertiary/aromatic N) is 1. The number of hydrogen-bond donors (Lipinski definition) is 1. The zero-order chi connectivity index (χ0) is 16.2. The molecule has 2 aromatic rings. The maximum atomic E-state index is 10.7. The molecule has 5 nitrogen and oxygen atoms in total. The standard InChI is InChI=1S/C18H20N2O3/c1-19-14-7-6-13-4-2-3-5-17(13)18(12-14)23-16-10-8-15(9-11-16)20(21)22/h2-5,8-11,14,18-19H,6-7,12H2,1H3. The number of nitro groups is 1. The minimum atomic E-state index is -0.401. The number of fused-ring (bicyclic) bond motifs is 1. The highest BCUT2D eigenvalue weighted by molar-refractivity contribution is 5.37. The molecular weight excluding hydrogens is 292 g/mol. The first-order valence-corrected chi connectivity index (χ1v) is 7.83. The molecule has 3 rings (SSSR count). The van der Waals surface area contributed by atoms with Gasteiger partial charge in [0.2, 0.25) is 0 Å². The SMILES string of the molecule is CNC1CCc2ccccc2C(Oc2ccc([N+](=O)[O-])cc2)C1. The molecule has 0 saturated heterocycles. The van der Waals surface area contributed by atoms with Crippen LogP contribution in [0.1, 0.15) is 30.1 Å². The second-order valence-electron chi connectivity index (χ2n) is 5.82. The Morgan fingerprint density at radius 1 is 1.17 bits per heavy atom. The van der Waals surface area contributed by atoms with Crippen molar-refractivity contribution in [3.63, 3.8) is 0 Å². The lowest BCUT2D eigenvalue weighted by atomic mass is 10.0. The van der Waals surface area contributed by atoms with Crippen molar-refractivity contribution in [3.8, 4) is 5.75 Å². The van der Waals surface area contributed by atoms with Crippen LogP contribution in [0.15, 0.2) is 48.5 Å². The largest absolute Gasteiger partial charge is 0.486 e. The minimum Gasteiger partial charge on any atom is -0.486 e. The van der Waals surface area contributed by atoms with Gasteiger partial charge < -0.3 is 10.1 Å². The first kappa shape index (κ1) is 15.5. The van der Waals surface area contributed by atoms with Crippen molar-refractivity contribution in [3.05, 3.63) is 69.8 Å². The maximum absolute atomic E-state index is 10.7. The molecule has 2 unspecified atom stereocenters. The van der Waals surface area contributed by atoms with Crippen LogP contribution < -0.4 is 10.1 Å². The fourth-order valence-corrected chi connectivity index (χ4v) is 3.09. The van der Waals surface area contributed by atoms with Crippen LogP contribution in [0, 0.1) is 10.1 Å². The van der Waals surface area contributed by atoms with Crippen LogP contribution in [0.5, 0.6) is 5.75 Å². The van der Waals surface area contributed by atoms with Gasteiger partial charge in [0.25, 0.3) is 5.69 Å². The Bertz CT molecular complexity index is 685. The second kappa shape index (κ2) is 6.79. The average molecular weight is 312 g/mol. The number of hydrogen-bond acceptors (Lipinski definition) is 4. The molecule has 5 heteroatoms. The first-order valence-electron chi connectivity index (χ1n) is 7.83. The lowest BCUT2D eigenvalue weighted by Crippen LogP contribution is -2.27. The van der Waals surface area contributed by atoms with Gasteiger partial charge in [-0.1, -0.05) is 24.3 Å². The molecular formula is C18H20N2O3. The van der Waals surface area contributed by atoms with Crippen LogP contribution in [-0.4, -0.2) is 18.0 Å². The fourth-order valence-electron chi connectivity index (χ4n) is 3.09. The molecule has 120 valence electrons. The summed E-state index contributed by atoms with van der Waals surface area (Å²) in [6.07, 6.45) is 2.94. The van der Waals surface area contributed by atoms with Gasteiger partial charge in [-0.15, -0.1) is 0 Å². The van der Waals surface area contributed by atoms with E-state index in [-0.39, 0.29) is 11.8 Å². The lowest BCUT2D eigenvalue weighted by Gasteiger charge is -2.22. The van der Waals surface area contributed by atoms with Gasteiger partial charge in [-0.2, -0.15) is 0 Å². The Morgan fingerprint density at radius 3 is 2.61 bits per heavy atom. The van der Waals surface area contributed by atoms with E-state index in [4.69, 9.17) is 4.74 Å². The highest BCUT2D eigenvalue weighted by atomic mass is 16.6. The van der Waals surface area contributed by atoms with E-state index >= 15 is 0 Å². The molecule has 1 aliphatic carbocycles. The summed E-state index contributed by atoms with van der Waals surface area (Å²) < 4.78 is 6.17. The minimum absolute atomic E-state index is 0.0485. The maximum Gasteiger partial charge on any atom is 0.269 e. The molecule has 0 fully saturated rings. The van der Waals surface area contributed by atoms with Gasteiger partial charge in [0.05, 0.1) is 4.92 Å². The topological polar surface area (TPSA) is 64.4 Å². The highest BCUT2D eigenvalue weighted by Crippen LogP contribution is 2.33. The van der Waals surface area contributed by atoms with Crippen molar-refractivity contribution in [1.29, 1.82) is 0 Å². The van der Waals surface area contributed by atoms with Crippen LogP contribution in [0.2, 0.25) is 0 Å². The van der Waals surface area contributed by atoms with Crippen LogP contribution in [0.3, 0.4) is 0 Å². The smallest absolute Gasteiger partial charge is 0.269 e. The molecule has 23 heavy (non-hydrogen) atoms. The van der Waals surface area contributed by atoms with Gasteiger partial charge >= 0.3 is 0 Å². The quantitative estimate of drug-likeness (QED) is 0.532. The monoisotopic (exact) mass is 312 g/mol. The molecule has 0 amide bonds. The highest BCUT2D eigenvalue weighted by Gasteiger charge is 2.25. The number of rotatable bonds is 4. The van der Waals surface area contributed by atoms with E-state index in [1.165, 1.54) is 23.3 Å². The Balaban J connectivity index is 1.85. The van der Waals surface area contributed by atoms with Gasteiger partial charge in [0.15, 0.2) is 0 Å². The van der Waals surface area contributed by atoms with Crippen LogP contribution in [0.25, 0.3) is 0 Å². The number of non-ortho nitro benzene ring substituents is 1. The summed E-state index contributed by atoms with van der Waals surface area (Å²) in [5, 5.41) is 14.1. The molecule has 0 saturated carbocycles. The molecule has 0 heterocycles. The summed E-state index contributed by atoms with van der Waals surface area (Å²) in [7, 11) is 1.98. The number of aryl methyl sites for hydroxylation is 1. The number of nitro benzene ring substituents is 1. The lowest BCUT2D eigenvalue weighted by molar-refractivity contribution is -0.384. The molecule has 2 atom stereocenters. The van der Waals surface area contributed by atoms with Gasteiger partial charge in [-0.3, -0.25) is 10.1 Å². The van der Waals surface area contributed by atoms with Crippen molar-refractivity contribution >= 4 is 5.69 Å². The molecule has 1 aliphatic rings. The number of nitrogens with one attached hydrogen (secondary N) is 1. The predicted octanol–water partition coefficient (Wildman–Crippen LogP) is 3.64. The van der Waals surface area contributed by atoms with Gasteiger partial charge in [0, 0.05) is 24.6 Å². The van der Waals surface area contributed by atoms with Crippen LogP contribution in [-0.2, 0) is 6.42 Å². The number of benzene rings is 2. The van der Waals surface area contributed by atoms with Crippen molar-refractivity contribution in [2.45, 2.75) is 31.4 Å². The Morgan fingerprint density at radius 2 is 1.91 bits per heavy atom. The van der Waals surface area contributed by atoms with Crippen molar-refractivity contribution in [2.75, 3.05) is 7.05 Å². The summed E-state index contributed by atoms with van der Waals surface area (Å²) in [4.78, 5) is 10.3. The summed E-state index contributed by atoms with van der Waals surface area (Å²) in [5.74, 6) is 0.659. The first-order chi connectivity index (χ1) is 11.2. The van der Waals surface area contributed by atoms with E-state index in [1.54, 1.807) is 12.1 Å². The molecule has 0 spiro atoms. The second-order valence-corrected chi connectivity index (χ2v) is 5.82. The predicted molar refractivity (Wildman–Crippen MR) is 88.7 cm³/mol. The van der Waals surface area contributed by atoms with E-state index in [1.807, 2.05) is 13.1 Å². The van der Waals surface area contributed by atoms with E-state index in [0.717, 1.165) is 19.3 Å². The van der Waals surface area contributed by atoms with Crippen LogP contribution >= 0.6 is 0 Å². The van der Waals surface area contributed by atoms with E-state index < -0.39 is 4.92 Å². The third-order valence-electron chi connectivity index (χ3n) is 4.40. The van der Waals surface area contributed by atoms with Crippen molar-refractivity contribution in [1.82, 2.24) is 5.32 Å². The Hall–Kier alpha value is -2.40. The van der Waals surface area contributed by atoms with E-state index in [9.17, 15) is 10.1 Å². The number of ether oxygens (including phenoxy) is 1. The molecule has 1 N–H and O–H groups in total. The van der Waals surface area contributed by atoms with E-state index in [0.29, 0.717) is 11.8 Å². The fraction of sp³-hybridized carbons (Fsp3) is 0.333. The Labute approximate surface area is 135 Å². The zero-order valence-corrected chi connectivity index (χ0v) is 13.1. The third-order valence-corrected chi connectivity index (χ3v) is 4.40. The van der Waals surface area contributed by atoms with Gasteiger partial charge in [-0.05, 0) is 43.1 Å². The third kappa shape index (κ3) is 3.51. The average Bonchev–Trinajstić information content (AvgIpc) is 2.75. The zero-order valence-electron chi connectivity index (χ0n) is 13.1. The van der Waals surface area contributed by atoms with Gasteiger partial charge in [0.1, 0.15) is 11.9 Å². The summed E-state index contributed by atoms with van der Waals surface area (Å²) in [6.45, 7) is 0. The van der Waals surface area contributed by atoms with Crippen molar-refractivity contribution in [2.24, 2.45) is 0 Å². The molecule has 2 aromatic carbocycles. The molecule has 0 bridgehead atoms. The van der Waals surface area contributed by atoms with Crippen molar-refractivity contribution < 1.29 is 9.66 Å². The van der Waals surface area contributed by atoms with Gasteiger partial charge in [-0.25, -0.2) is 0 Å². The van der Waals surface area contributed by atoms with Crippen LogP contribution in [0.4, 0.5) is 5.69 Å². The molecule has 0 radical (unpaired) electrons. The summed E-state index contributed by atoms with van der Waals surface area (Å²) >= 11 is 0. The molecule has 0 aliphatic heterocycles.